The van der Waals surface area contributed by atoms with E-state index in [4.69, 9.17) is 21.1 Å². The summed E-state index contributed by atoms with van der Waals surface area (Å²) < 4.78 is 11.1. The summed E-state index contributed by atoms with van der Waals surface area (Å²) in [6, 6.07) is 3.92. The fraction of sp³-hybridized carbons (Fsp3) is 0.250. The highest BCUT2D eigenvalue weighted by molar-refractivity contribution is 6.28. The minimum Gasteiger partial charge on any atom is -0.486 e. The molecule has 0 saturated heterocycles. The maximum absolute atomic E-state index is 5.78. The molecule has 1 aliphatic heterocycles. The lowest BCUT2D eigenvalue weighted by molar-refractivity contribution is 0.171. The van der Waals surface area contributed by atoms with Crippen molar-refractivity contribution < 1.29 is 9.47 Å². The second-order valence-corrected chi connectivity index (χ2v) is 4.26. The summed E-state index contributed by atoms with van der Waals surface area (Å²) in [7, 11) is 0. The Bertz CT molecular complexity index is 566. The Hall–Kier alpha value is -1.68. The van der Waals surface area contributed by atoms with Crippen molar-refractivity contribution in [2.75, 3.05) is 13.2 Å². The van der Waals surface area contributed by atoms with Gasteiger partial charge in [-0.15, -0.1) is 0 Å². The second-order valence-electron chi connectivity index (χ2n) is 3.90. The van der Waals surface area contributed by atoms with E-state index in [1.807, 2.05) is 19.1 Å². The van der Waals surface area contributed by atoms with Crippen molar-refractivity contribution in [1.82, 2.24) is 9.97 Å². The molecule has 5 heteroatoms. The van der Waals surface area contributed by atoms with Gasteiger partial charge in [0.2, 0.25) is 0 Å². The van der Waals surface area contributed by atoms with Crippen LogP contribution in [0.15, 0.2) is 18.3 Å². The number of ether oxygens (including phenoxy) is 2. The van der Waals surface area contributed by atoms with Crippen molar-refractivity contribution in [3.8, 4) is 22.8 Å². The van der Waals surface area contributed by atoms with Gasteiger partial charge in [0.25, 0.3) is 0 Å². The van der Waals surface area contributed by atoms with Crippen LogP contribution in [-0.4, -0.2) is 23.2 Å². The Balaban J connectivity index is 2.11. The minimum atomic E-state index is 0.384. The van der Waals surface area contributed by atoms with Crippen LogP contribution < -0.4 is 9.47 Å². The molecule has 0 atom stereocenters. The van der Waals surface area contributed by atoms with Gasteiger partial charge < -0.3 is 14.5 Å². The molecule has 2 heterocycles. The fourth-order valence-corrected chi connectivity index (χ4v) is 2.06. The molecule has 1 aliphatic rings. The summed E-state index contributed by atoms with van der Waals surface area (Å²) in [5.74, 6) is 1.56. The van der Waals surface area contributed by atoms with E-state index in [-0.39, 0.29) is 0 Å². The van der Waals surface area contributed by atoms with Crippen LogP contribution in [0.4, 0.5) is 0 Å². The van der Waals surface area contributed by atoms with Crippen LogP contribution in [0.5, 0.6) is 11.5 Å². The third-order valence-electron chi connectivity index (χ3n) is 2.72. The van der Waals surface area contributed by atoms with Gasteiger partial charge in [-0.05, 0) is 36.2 Å². The van der Waals surface area contributed by atoms with Gasteiger partial charge in [0.1, 0.15) is 13.2 Å². The standard InChI is InChI=1S/C12H11ClN2O2/c1-7-4-10-11(17-3-2-16-10)5-8(7)9-6-14-12(13)15-9/h4-6H,2-3H2,1H3,(H,14,15). The normalized spacial score (nSPS) is 13.8. The molecule has 1 aromatic carbocycles. The number of aryl methyl sites for hydroxylation is 1. The number of imidazole rings is 1. The first-order valence-electron chi connectivity index (χ1n) is 5.35. The van der Waals surface area contributed by atoms with Gasteiger partial charge in [0.15, 0.2) is 16.8 Å². The molecule has 1 aromatic heterocycles. The smallest absolute Gasteiger partial charge is 0.200 e. The molecule has 4 nitrogen and oxygen atoms in total. The van der Waals surface area contributed by atoms with Crippen LogP contribution in [0, 0.1) is 6.92 Å². The summed E-state index contributed by atoms with van der Waals surface area (Å²) in [6.45, 7) is 3.20. The average molecular weight is 251 g/mol. The van der Waals surface area contributed by atoms with Crippen molar-refractivity contribution >= 4 is 11.6 Å². The van der Waals surface area contributed by atoms with Gasteiger partial charge in [0.05, 0.1) is 11.9 Å². The number of rotatable bonds is 1. The topological polar surface area (TPSA) is 47.1 Å². The highest BCUT2D eigenvalue weighted by Crippen LogP contribution is 2.36. The second kappa shape index (κ2) is 3.96. The van der Waals surface area contributed by atoms with Gasteiger partial charge >= 0.3 is 0 Å². The number of fused-ring (bicyclic) bond motifs is 1. The molecule has 1 N–H and O–H groups in total. The molecular formula is C12H11ClN2O2. The first kappa shape index (κ1) is 10.5. The van der Waals surface area contributed by atoms with E-state index in [2.05, 4.69) is 9.97 Å². The SMILES string of the molecule is Cc1cc2c(cc1-c1cnc(Cl)[nH]1)OCCO2. The van der Waals surface area contributed by atoms with E-state index in [9.17, 15) is 0 Å². The number of hydrogen-bond acceptors (Lipinski definition) is 3. The molecule has 88 valence electrons. The number of nitrogens with one attached hydrogen (secondary N) is 1. The number of aromatic nitrogens is 2. The Morgan fingerprint density at radius 1 is 1.24 bits per heavy atom. The summed E-state index contributed by atoms with van der Waals surface area (Å²) in [6.07, 6.45) is 1.71. The molecule has 17 heavy (non-hydrogen) atoms. The number of nitrogens with zero attached hydrogens (tertiary/aromatic N) is 1. The Morgan fingerprint density at radius 2 is 1.94 bits per heavy atom. The average Bonchev–Trinajstić information content (AvgIpc) is 2.75. The maximum Gasteiger partial charge on any atom is 0.200 e. The van der Waals surface area contributed by atoms with E-state index in [1.54, 1.807) is 6.20 Å². The van der Waals surface area contributed by atoms with Crippen molar-refractivity contribution in [3.63, 3.8) is 0 Å². The zero-order chi connectivity index (χ0) is 11.8. The molecule has 0 amide bonds. The van der Waals surface area contributed by atoms with Gasteiger partial charge in [0, 0.05) is 5.56 Å². The predicted molar refractivity (Wildman–Crippen MR) is 64.8 cm³/mol. The van der Waals surface area contributed by atoms with Crippen molar-refractivity contribution in [2.45, 2.75) is 6.92 Å². The number of hydrogen-bond donors (Lipinski definition) is 1. The van der Waals surface area contributed by atoms with Crippen LogP contribution in [0.2, 0.25) is 5.28 Å². The summed E-state index contributed by atoms with van der Waals surface area (Å²) in [4.78, 5) is 6.98. The van der Waals surface area contributed by atoms with Gasteiger partial charge in [-0.1, -0.05) is 0 Å². The van der Waals surface area contributed by atoms with E-state index in [1.165, 1.54) is 0 Å². The molecule has 0 spiro atoms. The van der Waals surface area contributed by atoms with Crippen molar-refractivity contribution in [3.05, 3.63) is 29.2 Å². The quantitative estimate of drug-likeness (QED) is 0.847. The number of halogens is 1. The predicted octanol–water partition coefficient (Wildman–Crippen LogP) is 2.81. The molecule has 2 aromatic rings. The lowest BCUT2D eigenvalue weighted by Gasteiger charge is -2.20. The molecule has 0 bridgehead atoms. The molecule has 0 unspecified atom stereocenters. The van der Waals surface area contributed by atoms with Gasteiger partial charge in [-0.3, -0.25) is 0 Å². The zero-order valence-electron chi connectivity index (χ0n) is 9.29. The summed E-state index contributed by atoms with van der Waals surface area (Å²) in [5.41, 5.74) is 2.99. The fourth-order valence-electron chi connectivity index (χ4n) is 1.91. The first-order valence-corrected chi connectivity index (χ1v) is 5.73. The van der Waals surface area contributed by atoms with E-state index in [0.29, 0.717) is 18.5 Å². The van der Waals surface area contributed by atoms with Crippen LogP contribution in [-0.2, 0) is 0 Å². The molecule has 3 rings (SSSR count). The number of benzene rings is 1. The third-order valence-corrected chi connectivity index (χ3v) is 2.92. The molecule has 0 saturated carbocycles. The monoisotopic (exact) mass is 250 g/mol. The summed E-state index contributed by atoms with van der Waals surface area (Å²) >= 11 is 5.78. The lowest BCUT2D eigenvalue weighted by atomic mass is 10.1. The molecule has 0 fully saturated rings. The first-order chi connectivity index (χ1) is 8.24. The lowest BCUT2D eigenvalue weighted by Crippen LogP contribution is -2.15. The number of H-pyrrole nitrogens is 1. The van der Waals surface area contributed by atoms with Crippen molar-refractivity contribution in [1.29, 1.82) is 0 Å². The van der Waals surface area contributed by atoms with Crippen LogP contribution >= 0.6 is 11.6 Å². The Kier molecular flexibility index (Phi) is 2.44. The summed E-state index contributed by atoms with van der Waals surface area (Å²) in [5, 5.41) is 0.384. The maximum atomic E-state index is 5.78. The van der Waals surface area contributed by atoms with Crippen LogP contribution in [0.1, 0.15) is 5.56 Å². The highest BCUT2D eigenvalue weighted by atomic mass is 35.5. The van der Waals surface area contributed by atoms with Crippen molar-refractivity contribution in [2.24, 2.45) is 0 Å². The Labute approximate surface area is 104 Å². The van der Waals surface area contributed by atoms with Gasteiger partial charge in [-0.25, -0.2) is 4.98 Å². The van der Waals surface area contributed by atoms with E-state index >= 15 is 0 Å². The molecule has 0 radical (unpaired) electrons. The third kappa shape index (κ3) is 1.85. The van der Waals surface area contributed by atoms with Crippen LogP contribution in [0.3, 0.4) is 0 Å². The number of aromatic amines is 1. The Morgan fingerprint density at radius 3 is 2.59 bits per heavy atom. The molecular weight excluding hydrogens is 240 g/mol. The minimum absolute atomic E-state index is 0.384. The van der Waals surface area contributed by atoms with Crippen LogP contribution in [0.25, 0.3) is 11.3 Å². The highest BCUT2D eigenvalue weighted by Gasteiger charge is 2.15. The zero-order valence-corrected chi connectivity index (χ0v) is 10.0. The largest absolute Gasteiger partial charge is 0.486 e. The van der Waals surface area contributed by atoms with Gasteiger partial charge in [-0.2, -0.15) is 0 Å². The molecule has 0 aliphatic carbocycles. The van der Waals surface area contributed by atoms with E-state index < -0.39 is 0 Å². The van der Waals surface area contributed by atoms with E-state index in [0.717, 1.165) is 28.3 Å².